The molecule has 8 aromatic rings. The normalized spacial score (nSPS) is 16.8. The van der Waals surface area contributed by atoms with Crippen molar-refractivity contribution >= 4 is 62.1 Å². The first kappa shape index (κ1) is 51.0. The van der Waals surface area contributed by atoms with Gasteiger partial charge < -0.3 is 34.4 Å². The number of ketones is 1. The van der Waals surface area contributed by atoms with E-state index < -0.39 is 11.6 Å². The van der Waals surface area contributed by atoms with Crippen molar-refractivity contribution < 1.29 is 32.6 Å². The summed E-state index contributed by atoms with van der Waals surface area (Å²) in [6.07, 6.45) is 17.6. The van der Waals surface area contributed by atoms with Crippen LogP contribution in [0, 0.1) is 11.6 Å². The molecule has 386 valence electrons. The molecule has 0 spiro atoms. The van der Waals surface area contributed by atoms with Gasteiger partial charge in [-0.3, -0.25) is 29.3 Å². The number of piperidine rings is 2. The molecule has 4 saturated heterocycles. The van der Waals surface area contributed by atoms with Gasteiger partial charge in [0, 0.05) is 132 Å². The summed E-state index contributed by atoms with van der Waals surface area (Å²) in [5.41, 5.74) is 7.85. The van der Waals surface area contributed by atoms with Crippen molar-refractivity contribution in [3.05, 3.63) is 97.6 Å². The summed E-state index contributed by atoms with van der Waals surface area (Å²) in [6.45, 7) is 7.76. The summed E-state index contributed by atoms with van der Waals surface area (Å²) in [7, 11) is 6.59. The molecule has 12 rings (SSSR count). The van der Waals surface area contributed by atoms with Gasteiger partial charge >= 0.3 is 0 Å². The van der Waals surface area contributed by atoms with Gasteiger partial charge in [0.15, 0.2) is 34.4 Å². The van der Waals surface area contributed by atoms with E-state index in [-0.39, 0.29) is 30.7 Å². The number of anilines is 2. The lowest BCUT2D eigenvalue weighted by Gasteiger charge is -2.42. The second kappa shape index (κ2) is 22.1. The Morgan fingerprint density at radius 1 is 0.608 bits per heavy atom. The van der Waals surface area contributed by atoms with Crippen molar-refractivity contribution in [2.45, 2.75) is 39.2 Å². The molecule has 1 N–H and O–H groups in total. The number of nitrogens with zero attached hydrogens (tertiary/aromatic N) is 13. The summed E-state index contributed by atoms with van der Waals surface area (Å²) >= 11 is 0. The SMILES string of the molecule is C.CN1CCNCC1=O.COc1cc2c(-c3cnn4cc(N5CCC(=O)CC5)cnc34)ccnc2cc1F.COc1cc2c(-c3cnn4cc(N5CCC(N6CCN(C)C(=O)C6)CC5)cnc34)ccnc2cc1F. The lowest BCUT2D eigenvalue weighted by Crippen LogP contribution is -2.54. The Bertz CT molecular complexity index is 3350. The summed E-state index contributed by atoms with van der Waals surface area (Å²) in [6, 6.07) is 10.3. The summed E-state index contributed by atoms with van der Waals surface area (Å²) in [4.78, 5) is 62.6. The Hall–Kier alpha value is -7.91. The van der Waals surface area contributed by atoms with Crippen LogP contribution in [0.4, 0.5) is 20.2 Å². The van der Waals surface area contributed by atoms with Crippen molar-refractivity contribution in [1.29, 1.82) is 0 Å². The first-order chi connectivity index (χ1) is 35.5. The number of ether oxygens (including phenoxy) is 2. The predicted octanol–water partition coefficient (Wildman–Crippen LogP) is 5.78. The van der Waals surface area contributed by atoms with E-state index in [0.29, 0.717) is 67.5 Å². The standard InChI is InChI=1S/C26H28FN7O2.C21H18FN5O2.C5H10N2O.CH4/c1-31-9-10-33(16-25(31)35)17-4-7-32(8-5-17)18-13-29-26-21(14-30-34(26)15-18)19-3-6-28-23-12-22(27)24(36-2)11-20(19)23;1-29-20-8-16-15(2-5-23-19(16)9-18(20)22)17-11-25-27-12-13(10-24-21(17)27)26-6-3-14(28)4-7-26;1-7-3-2-6-4-5(7)8;/h3,6,11-15,17H,4-5,7-10,16H2,1-2H3;2,5,8-12H,3-4,6-7H2,1H3;6H,2-4H2,1H3;1H4. The molecule has 4 aliphatic rings. The molecule has 19 nitrogen and oxygen atoms in total. The number of fused-ring (bicyclic) bond motifs is 4. The molecule has 0 saturated carbocycles. The Morgan fingerprint density at radius 3 is 1.59 bits per heavy atom. The fourth-order valence-electron chi connectivity index (χ4n) is 9.81. The Labute approximate surface area is 426 Å². The molecule has 6 aromatic heterocycles. The van der Waals surface area contributed by atoms with E-state index >= 15 is 0 Å². The van der Waals surface area contributed by atoms with Gasteiger partial charge in [0.05, 0.1) is 86.9 Å². The van der Waals surface area contributed by atoms with Crippen LogP contribution in [0.5, 0.6) is 11.5 Å². The zero-order valence-corrected chi connectivity index (χ0v) is 41.2. The van der Waals surface area contributed by atoms with Crippen LogP contribution >= 0.6 is 0 Å². The highest BCUT2D eigenvalue weighted by Gasteiger charge is 2.30. The molecule has 4 aliphatic heterocycles. The zero-order valence-electron chi connectivity index (χ0n) is 41.2. The second-order valence-corrected chi connectivity index (χ2v) is 18.5. The highest BCUT2D eigenvalue weighted by atomic mass is 19.1. The maximum atomic E-state index is 14.2. The predicted molar refractivity (Wildman–Crippen MR) is 279 cm³/mol. The minimum atomic E-state index is -0.452. The monoisotopic (exact) mass is 1010 g/mol. The molecule has 10 heterocycles. The Balaban J connectivity index is 0.000000159. The van der Waals surface area contributed by atoms with E-state index in [1.165, 1.54) is 26.4 Å². The Morgan fingerprint density at radius 2 is 1.12 bits per heavy atom. The van der Waals surface area contributed by atoms with Gasteiger partial charge in [-0.15, -0.1) is 0 Å². The number of aromatic nitrogens is 8. The number of hydrogen-bond donors (Lipinski definition) is 1. The summed E-state index contributed by atoms with van der Waals surface area (Å²) in [5, 5.41) is 13.6. The molecule has 4 fully saturated rings. The average molecular weight is 1010 g/mol. The van der Waals surface area contributed by atoms with Crippen LogP contribution in [0.15, 0.2) is 86.0 Å². The maximum Gasteiger partial charge on any atom is 0.236 e. The summed E-state index contributed by atoms with van der Waals surface area (Å²) in [5.74, 6) is 0.140. The molecule has 74 heavy (non-hydrogen) atoms. The van der Waals surface area contributed by atoms with Crippen molar-refractivity contribution in [3.63, 3.8) is 0 Å². The number of pyridine rings is 2. The van der Waals surface area contributed by atoms with Crippen molar-refractivity contribution in [2.75, 3.05) is 104 Å². The minimum absolute atomic E-state index is 0. The van der Waals surface area contributed by atoms with Gasteiger partial charge in [0.1, 0.15) is 5.78 Å². The van der Waals surface area contributed by atoms with Crippen LogP contribution in [0.2, 0.25) is 0 Å². The molecule has 0 bridgehead atoms. The molecule has 21 heteroatoms. The van der Waals surface area contributed by atoms with Gasteiger partial charge in [0.25, 0.3) is 0 Å². The number of likely N-dealkylation sites (N-methyl/N-ethyl adjacent to an activating group) is 2. The van der Waals surface area contributed by atoms with Crippen LogP contribution in [0.3, 0.4) is 0 Å². The van der Waals surface area contributed by atoms with E-state index in [1.54, 1.807) is 57.0 Å². The van der Waals surface area contributed by atoms with Crippen LogP contribution in [0.1, 0.15) is 33.1 Å². The number of carbonyl (C=O) groups is 3. The van der Waals surface area contributed by atoms with E-state index in [1.807, 2.05) is 49.7 Å². The minimum Gasteiger partial charge on any atom is -0.494 e. The van der Waals surface area contributed by atoms with Gasteiger partial charge in [0.2, 0.25) is 11.8 Å². The maximum absolute atomic E-state index is 14.2. The van der Waals surface area contributed by atoms with Gasteiger partial charge in [-0.05, 0) is 48.2 Å². The van der Waals surface area contributed by atoms with Crippen LogP contribution in [-0.2, 0) is 14.4 Å². The molecule has 0 unspecified atom stereocenters. The number of hydrogen-bond acceptors (Lipinski definition) is 15. The number of amides is 2. The topological polar surface area (TPSA) is 184 Å². The molecule has 0 atom stereocenters. The Kier molecular flexibility index (Phi) is 15.2. The molecule has 2 amide bonds. The van der Waals surface area contributed by atoms with Crippen LogP contribution in [0.25, 0.3) is 55.4 Å². The third-order valence-corrected chi connectivity index (χ3v) is 14.1. The highest BCUT2D eigenvalue weighted by molar-refractivity contribution is 5.99. The fourth-order valence-corrected chi connectivity index (χ4v) is 9.81. The van der Waals surface area contributed by atoms with Crippen molar-refractivity contribution in [1.82, 2.24) is 59.2 Å². The van der Waals surface area contributed by atoms with Crippen molar-refractivity contribution in [3.8, 4) is 33.8 Å². The zero-order chi connectivity index (χ0) is 50.8. The smallest absolute Gasteiger partial charge is 0.236 e. The number of benzene rings is 2. The third-order valence-electron chi connectivity index (χ3n) is 14.1. The van der Waals surface area contributed by atoms with Gasteiger partial charge in [-0.1, -0.05) is 7.43 Å². The highest BCUT2D eigenvalue weighted by Crippen LogP contribution is 2.36. The van der Waals surface area contributed by atoms with E-state index in [9.17, 15) is 23.2 Å². The number of nitrogens with one attached hydrogen (secondary N) is 1. The van der Waals surface area contributed by atoms with E-state index in [2.05, 4.69) is 45.2 Å². The molecule has 0 aliphatic carbocycles. The van der Waals surface area contributed by atoms with Gasteiger partial charge in [-0.25, -0.2) is 27.8 Å². The first-order valence-electron chi connectivity index (χ1n) is 24.3. The summed E-state index contributed by atoms with van der Waals surface area (Å²) < 4.78 is 42.1. The average Bonchev–Trinajstić information content (AvgIpc) is 4.04. The lowest BCUT2D eigenvalue weighted by molar-refractivity contribution is -0.135. The molecule has 2 aromatic carbocycles. The van der Waals surface area contributed by atoms with E-state index in [4.69, 9.17) is 14.5 Å². The first-order valence-corrected chi connectivity index (χ1v) is 24.3. The number of methoxy groups -OCH3 is 2. The molecular formula is C53H60F2N14O5. The van der Waals surface area contributed by atoms with E-state index in [0.717, 1.165) is 102 Å². The number of halogens is 2. The number of Topliss-reactive ketones (excluding diaryl/α,β-unsaturated/α-hetero) is 1. The number of rotatable bonds is 7. The van der Waals surface area contributed by atoms with Crippen LogP contribution in [-0.4, -0.2) is 171 Å². The molecule has 0 radical (unpaired) electrons. The van der Waals surface area contributed by atoms with Crippen molar-refractivity contribution in [2.24, 2.45) is 0 Å². The quantitative estimate of drug-likeness (QED) is 0.203. The molecular weight excluding hydrogens is 951 g/mol. The largest absolute Gasteiger partial charge is 0.494 e. The number of piperazine rings is 2. The third kappa shape index (κ3) is 10.5. The van der Waals surface area contributed by atoms with Gasteiger partial charge in [-0.2, -0.15) is 10.2 Å². The van der Waals surface area contributed by atoms with Crippen LogP contribution < -0.4 is 24.6 Å². The fraction of sp³-hybridized carbons (Fsp3) is 0.377. The number of carbonyl (C=O) groups excluding carboxylic acids is 3. The second-order valence-electron chi connectivity index (χ2n) is 18.5. The lowest BCUT2D eigenvalue weighted by atomic mass is 10.0.